The van der Waals surface area contributed by atoms with Crippen molar-refractivity contribution in [2.24, 2.45) is 40.2 Å². The Morgan fingerprint density at radius 3 is 2.14 bits per heavy atom. The number of carbonyl (C=O) groups excluding carboxylic acids is 6. The Morgan fingerprint density at radius 1 is 1.00 bits per heavy atom. The van der Waals surface area contributed by atoms with Crippen molar-refractivity contribution in [2.45, 2.75) is 97.3 Å². The van der Waals surface area contributed by atoms with Gasteiger partial charge in [-0.1, -0.05) is 78.1 Å². The number of nitrogens with zero attached hydrogens (tertiary/aromatic N) is 2. The van der Waals surface area contributed by atoms with Crippen molar-refractivity contribution in [3.8, 4) is 0 Å². The second-order valence-corrected chi connectivity index (χ2v) is 16.6. The molecule has 1 heterocycles. The van der Waals surface area contributed by atoms with Gasteiger partial charge in [0.25, 0.3) is 5.91 Å². The van der Waals surface area contributed by atoms with Crippen molar-refractivity contribution in [3.05, 3.63) is 35.4 Å². The van der Waals surface area contributed by atoms with Crippen LogP contribution in [0.1, 0.15) is 71.4 Å². The monoisotopic (exact) mass is 694 g/mol. The van der Waals surface area contributed by atoms with Gasteiger partial charge in [-0.05, 0) is 64.9 Å². The first-order valence-corrected chi connectivity index (χ1v) is 17.8. The molecule has 3 fully saturated rings. The molecule has 1 aromatic rings. The Hall–Kier alpha value is -4.16. The van der Waals surface area contributed by atoms with E-state index < -0.39 is 59.3 Å². The SMILES string of the molecule is CN(C)C(=O)OC[C@@H](NC(=O)NC(C(=O)N1C[C@H]2C([C@H]1C(=O)NC(CC1CCC1)C(=O)C(N)=O)C2(C)C)C1Cc2ccccc2C1)C(C)(C)C. The number of primary amides is 1. The zero-order valence-corrected chi connectivity index (χ0v) is 30.4. The van der Waals surface area contributed by atoms with Crippen molar-refractivity contribution in [1.82, 2.24) is 25.8 Å². The molecule has 1 aliphatic heterocycles. The van der Waals surface area contributed by atoms with E-state index in [0.29, 0.717) is 25.8 Å². The van der Waals surface area contributed by atoms with Crippen LogP contribution in [0.4, 0.5) is 9.59 Å². The quantitative estimate of drug-likeness (QED) is 0.243. The van der Waals surface area contributed by atoms with Gasteiger partial charge in [-0.25, -0.2) is 9.59 Å². The number of ether oxygens (including phenoxy) is 1. The van der Waals surface area contributed by atoms with Crippen molar-refractivity contribution in [3.63, 3.8) is 0 Å². The third-order valence-electron chi connectivity index (χ3n) is 11.6. The Kier molecular flexibility index (Phi) is 10.6. The van der Waals surface area contributed by atoms with Gasteiger partial charge < -0.3 is 36.2 Å². The van der Waals surface area contributed by atoms with Crippen molar-refractivity contribution in [2.75, 3.05) is 27.2 Å². The summed E-state index contributed by atoms with van der Waals surface area (Å²) < 4.78 is 5.42. The smallest absolute Gasteiger partial charge is 0.409 e. The zero-order chi connectivity index (χ0) is 36.7. The van der Waals surface area contributed by atoms with Crippen molar-refractivity contribution in [1.29, 1.82) is 0 Å². The lowest BCUT2D eigenvalue weighted by atomic mass is 9.80. The normalized spacial score (nSPS) is 24.1. The van der Waals surface area contributed by atoms with Crippen LogP contribution >= 0.6 is 0 Å². The summed E-state index contributed by atoms with van der Waals surface area (Å²) in [7, 11) is 3.15. The minimum atomic E-state index is -1.10. The molecule has 1 aromatic carbocycles. The van der Waals surface area contributed by atoms with E-state index in [-0.39, 0.29) is 41.6 Å². The second kappa shape index (κ2) is 14.2. The molecule has 4 aliphatic rings. The van der Waals surface area contributed by atoms with Crippen LogP contribution < -0.4 is 21.7 Å². The molecule has 13 heteroatoms. The largest absolute Gasteiger partial charge is 0.447 e. The van der Waals surface area contributed by atoms with Gasteiger partial charge in [0.2, 0.25) is 17.6 Å². The molecule has 274 valence electrons. The van der Waals surface area contributed by atoms with Crippen molar-refractivity contribution < 1.29 is 33.5 Å². The summed E-state index contributed by atoms with van der Waals surface area (Å²) in [5.41, 5.74) is 6.89. The summed E-state index contributed by atoms with van der Waals surface area (Å²) in [6.07, 6.45) is 3.78. The first-order valence-electron chi connectivity index (χ1n) is 17.8. The maximum absolute atomic E-state index is 14.7. The molecule has 3 aliphatic carbocycles. The lowest BCUT2D eigenvalue weighted by Gasteiger charge is -2.36. The second-order valence-electron chi connectivity index (χ2n) is 16.6. The molecule has 50 heavy (non-hydrogen) atoms. The number of hydrogen-bond acceptors (Lipinski definition) is 7. The molecule has 0 aromatic heterocycles. The maximum Gasteiger partial charge on any atom is 0.409 e. The van der Waals surface area contributed by atoms with Gasteiger partial charge in [0, 0.05) is 20.6 Å². The van der Waals surface area contributed by atoms with Gasteiger partial charge in [0.15, 0.2) is 0 Å². The van der Waals surface area contributed by atoms with Crippen LogP contribution in [0.3, 0.4) is 0 Å². The minimum absolute atomic E-state index is 0.0611. The van der Waals surface area contributed by atoms with E-state index in [4.69, 9.17) is 10.5 Å². The molecule has 0 bridgehead atoms. The minimum Gasteiger partial charge on any atom is -0.447 e. The van der Waals surface area contributed by atoms with E-state index in [1.165, 1.54) is 4.90 Å². The number of carbonyl (C=O) groups is 6. The molecule has 6 amide bonds. The number of fused-ring (bicyclic) bond motifs is 2. The van der Waals surface area contributed by atoms with Crippen LogP contribution in [0.5, 0.6) is 0 Å². The number of ketones is 1. The van der Waals surface area contributed by atoms with E-state index in [0.717, 1.165) is 30.4 Å². The molecule has 6 atom stereocenters. The van der Waals surface area contributed by atoms with Crippen molar-refractivity contribution >= 4 is 35.6 Å². The van der Waals surface area contributed by atoms with Crippen LogP contribution in [0.25, 0.3) is 0 Å². The number of hydrogen-bond donors (Lipinski definition) is 4. The van der Waals surface area contributed by atoms with Gasteiger partial charge in [-0.15, -0.1) is 0 Å². The number of benzene rings is 1. The predicted molar refractivity (Wildman–Crippen MR) is 185 cm³/mol. The third-order valence-corrected chi connectivity index (χ3v) is 11.6. The van der Waals surface area contributed by atoms with Gasteiger partial charge in [0.05, 0.1) is 12.1 Å². The average molecular weight is 695 g/mol. The topological polar surface area (TPSA) is 180 Å². The number of amides is 6. The highest BCUT2D eigenvalue weighted by atomic mass is 16.6. The van der Waals surface area contributed by atoms with Crippen LogP contribution in [0.2, 0.25) is 0 Å². The molecule has 5 N–H and O–H groups in total. The summed E-state index contributed by atoms with van der Waals surface area (Å²) in [4.78, 5) is 82.4. The standard InChI is InChI=1S/C37H54N6O7/c1-36(2,3)26(19-50-35(49)42(6)7)40-34(48)41-28(23-16-21-13-8-9-14-22(21)17-23)33(47)43-18-24-27(37(24,4)5)29(43)32(46)39-25(30(44)31(38)45)15-20-11-10-12-20/h8-9,13-14,20,23-29H,10-12,15-19H2,1-7H3,(H2,38,45)(H,39,46)(H2,40,41,48)/t24-,25?,26+,27?,28?,29-/m0/s1. The Balaban J connectivity index is 1.38. The van der Waals surface area contributed by atoms with Gasteiger partial charge in [0.1, 0.15) is 18.7 Å². The fourth-order valence-electron chi connectivity index (χ4n) is 8.06. The highest BCUT2D eigenvalue weighted by Gasteiger charge is 2.70. The fraction of sp³-hybridized carbons (Fsp3) is 0.676. The molecule has 5 rings (SSSR count). The van der Waals surface area contributed by atoms with Crippen LogP contribution in [0.15, 0.2) is 24.3 Å². The highest BCUT2D eigenvalue weighted by Crippen LogP contribution is 2.65. The molecule has 0 radical (unpaired) electrons. The first kappa shape index (κ1) is 37.1. The number of rotatable bonds is 12. The van der Waals surface area contributed by atoms with E-state index in [2.05, 4.69) is 29.8 Å². The van der Waals surface area contributed by atoms with Crippen LogP contribution in [-0.4, -0.2) is 96.8 Å². The number of urea groups is 1. The van der Waals surface area contributed by atoms with E-state index in [9.17, 15) is 28.8 Å². The van der Waals surface area contributed by atoms with Gasteiger partial charge in [-0.3, -0.25) is 19.2 Å². The zero-order valence-electron chi connectivity index (χ0n) is 30.4. The van der Waals surface area contributed by atoms with Crippen LogP contribution in [-0.2, 0) is 36.8 Å². The summed E-state index contributed by atoms with van der Waals surface area (Å²) in [6.45, 7) is 10.1. The van der Waals surface area contributed by atoms with E-state index >= 15 is 0 Å². The highest BCUT2D eigenvalue weighted by molar-refractivity contribution is 6.37. The molecular formula is C37H54N6O7. The van der Waals surface area contributed by atoms with E-state index in [1.54, 1.807) is 19.0 Å². The molecule has 1 saturated heterocycles. The number of Topliss-reactive ketones (excluding diaryl/α,β-unsaturated/α-hetero) is 1. The van der Waals surface area contributed by atoms with Gasteiger partial charge in [-0.2, -0.15) is 0 Å². The first-order chi connectivity index (χ1) is 23.4. The lowest BCUT2D eigenvalue weighted by Crippen LogP contribution is -2.61. The van der Waals surface area contributed by atoms with E-state index in [1.807, 2.05) is 45.0 Å². The predicted octanol–water partition coefficient (Wildman–Crippen LogP) is 2.39. The molecule has 0 spiro atoms. The molecule has 2 saturated carbocycles. The Bertz CT molecular complexity index is 1490. The maximum atomic E-state index is 14.7. The summed E-state index contributed by atoms with van der Waals surface area (Å²) in [6, 6.07) is 3.88. The summed E-state index contributed by atoms with van der Waals surface area (Å²) in [5, 5.41) is 8.74. The Labute approximate surface area is 294 Å². The van der Waals surface area contributed by atoms with Gasteiger partial charge >= 0.3 is 12.1 Å². The number of piperidine rings is 1. The number of nitrogens with two attached hydrogens (primary N) is 1. The molecule has 3 unspecified atom stereocenters. The number of nitrogens with one attached hydrogen (secondary N) is 3. The lowest BCUT2D eigenvalue weighted by molar-refractivity contribution is -0.144. The summed E-state index contributed by atoms with van der Waals surface area (Å²) >= 11 is 0. The number of likely N-dealkylation sites (tertiary alicyclic amines) is 1. The summed E-state index contributed by atoms with van der Waals surface area (Å²) in [5.74, 6) is -2.93. The fourth-order valence-corrected chi connectivity index (χ4v) is 8.06. The average Bonchev–Trinajstić information content (AvgIpc) is 3.38. The Morgan fingerprint density at radius 2 is 1.62 bits per heavy atom. The molecular weight excluding hydrogens is 640 g/mol. The molecule has 13 nitrogen and oxygen atoms in total. The van der Waals surface area contributed by atoms with Crippen LogP contribution in [0, 0.1) is 34.5 Å². The third kappa shape index (κ3) is 7.76.